The van der Waals surface area contributed by atoms with Crippen molar-refractivity contribution in [2.24, 2.45) is 12.0 Å². The highest BCUT2D eigenvalue weighted by Crippen LogP contribution is 2.11. The molecule has 2 N–H and O–H groups in total. The quantitative estimate of drug-likeness (QED) is 0.624. The summed E-state index contributed by atoms with van der Waals surface area (Å²) in [6, 6.07) is 7.98. The average molecular weight is 301 g/mol. The van der Waals surface area contributed by atoms with Gasteiger partial charge in [0.25, 0.3) is 0 Å². The molecule has 1 aromatic heterocycles. The van der Waals surface area contributed by atoms with Gasteiger partial charge in [0.1, 0.15) is 5.75 Å². The van der Waals surface area contributed by atoms with Gasteiger partial charge in [-0.2, -0.15) is 5.10 Å². The van der Waals surface area contributed by atoms with E-state index in [-0.39, 0.29) is 0 Å². The number of hydrogen-bond acceptors (Lipinski definition) is 3. The highest BCUT2D eigenvalue weighted by atomic mass is 16.5. The molecule has 22 heavy (non-hydrogen) atoms. The Labute approximate surface area is 131 Å². The summed E-state index contributed by atoms with van der Waals surface area (Å²) in [5, 5.41) is 10.7. The normalized spacial score (nSPS) is 11.3. The first-order valence-electron chi connectivity index (χ1n) is 7.26. The van der Waals surface area contributed by atoms with E-state index in [2.05, 4.69) is 26.8 Å². The Morgan fingerprint density at radius 3 is 2.86 bits per heavy atom. The number of methoxy groups -OCH3 is 1. The molecule has 0 saturated carbocycles. The van der Waals surface area contributed by atoms with E-state index in [1.54, 1.807) is 14.2 Å². The number of aromatic nitrogens is 2. The van der Waals surface area contributed by atoms with Gasteiger partial charge in [0, 0.05) is 33.4 Å². The van der Waals surface area contributed by atoms with Gasteiger partial charge in [-0.05, 0) is 29.7 Å². The average Bonchev–Trinajstić information content (AvgIpc) is 2.96. The van der Waals surface area contributed by atoms with Gasteiger partial charge in [0.15, 0.2) is 5.96 Å². The van der Waals surface area contributed by atoms with Crippen LogP contribution in [0.5, 0.6) is 5.75 Å². The van der Waals surface area contributed by atoms with E-state index in [0.29, 0.717) is 6.54 Å². The fourth-order valence-electron chi connectivity index (χ4n) is 2.12. The van der Waals surface area contributed by atoms with Crippen molar-refractivity contribution in [1.29, 1.82) is 0 Å². The SMILES string of the molecule is CN=C(NCCc1cnn(C)c1)NCc1cccc(OC)c1. The van der Waals surface area contributed by atoms with Crippen LogP contribution in [0.3, 0.4) is 0 Å². The Hall–Kier alpha value is -2.50. The minimum absolute atomic E-state index is 0.698. The van der Waals surface area contributed by atoms with Crippen molar-refractivity contribution in [3.05, 3.63) is 47.8 Å². The van der Waals surface area contributed by atoms with E-state index in [1.807, 2.05) is 42.3 Å². The van der Waals surface area contributed by atoms with Gasteiger partial charge in [-0.15, -0.1) is 0 Å². The number of nitrogens with zero attached hydrogens (tertiary/aromatic N) is 3. The number of benzene rings is 1. The minimum Gasteiger partial charge on any atom is -0.497 e. The van der Waals surface area contributed by atoms with Crippen LogP contribution in [-0.2, 0) is 20.0 Å². The molecular formula is C16H23N5O. The second kappa shape index (κ2) is 8.07. The smallest absolute Gasteiger partial charge is 0.191 e. The van der Waals surface area contributed by atoms with Crippen LogP contribution in [0.25, 0.3) is 0 Å². The van der Waals surface area contributed by atoms with E-state index in [0.717, 1.165) is 30.2 Å². The van der Waals surface area contributed by atoms with E-state index in [9.17, 15) is 0 Å². The molecular weight excluding hydrogens is 278 g/mol. The highest BCUT2D eigenvalue weighted by molar-refractivity contribution is 5.79. The molecule has 0 bridgehead atoms. The van der Waals surface area contributed by atoms with Crippen LogP contribution in [0.4, 0.5) is 0 Å². The lowest BCUT2D eigenvalue weighted by Gasteiger charge is -2.12. The maximum Gasteiger partial charge on any atom is 0.191 e. The van der Waals surface area contributed by atoms with Crippen LogP contribution in [0.15, 0.2) is 41.7 Å². The van der Waals surface area contributed by atoms with Crippen LogP contribution >= 0.6 is 0 Å². The van der Waals surface area contributed by atoms with Crippen LogP contribution in [0.2, 0.25) is 0 Å². The molecule has 0 unspecified atom stereocenters. The Balaban J connectivity index is 1.77. The van der Waals surface area contributed by atoms with Crippen LogP contribution in [-0.4, -0.2) is 36.4 Å². The molecule has 1 heterocycles. The first-order valence-corrected chi connectivity index (χ1v) is 7.26. The number of hydrogen-bond donors (Lipinski definition) is 2. The molecule has 1 aromatic carbocycles. The molecule has 0 aliphatic rings. The molecule has 0 aliphatic carbocycles. The van der Waals surface area contributed by atoms with Gasteiger partial charge in [-0.25, -0.2) is 0 Å². The third-order valence-electron chi connectivity index (χ3n) is 3.28. The number of ether oxygens (including phenoxy) is 1. The molecule has 0 aliphatic heterocycles. The van der Waals surface area contributed by atoms with E-state index >= 15 is 0 Å². The molecule has 0 atom stereocenters. The van der Waals surface area contributed by atoms with Gasteiger partial charge in [-0.3, -0.25) is 9.67 Å². The molecule has 6 nitrogen and oxygen atoms in total. The van der Waals surface area contributed by atoms with Gasteiger partial charge < -0.3 is 15.4 Å². The molecule has 6 heteroatoms. The summed E-state index contributed by atoms with van der Waals surface area (Å²) in [4.78, 5) is 4.22. The third kappa shape index (κ3) is 4.80. The Morgan fingerprint density at radius 1 is 1.32 bits per heavy atom. The number of guanidine groups is 1. The molecule has 0 radical (unpaired) electrons. The Kier molecular flexibility index (Phi) is 5.82. The van der Waals surface area contributed by atoms with Crippen molar-refractivity contribution in [2.75, 3.05) is 20.7 Å². The van der Waals surface area contributed by atoms with Gasteiger partial charge >= 0.3 is 0 Å². The maximum absolute atomic E-state index is 5.22. The highest BCUT2D eigenvalue weighted by Gasteiger charge is 2.01. The monoisotopic (exact) mass is 301 g/mol. The fraction of sp³-hybridized carbons (Fsp3) is 0.375. The van der Waals surface area contributed by atoms with Crippen molar-refractivity contribution >= 4 is 5.96 Å². The van der Waals surface area contributed by atoms with Crippen LogP contribution in [0, 0.1) is 0 Å². The van der Waals surface area contributed by atoms with Crippen molar-refractivity contribution in [1.82, 2.24) is 20.4 Å². The summed E-state index contributed by atoms with van der Waals surface area (Å²) < 4.78 is 7.03. The molecule has 2 rings (SSSR count). The summed E-state index contributed by atoms with van der Waals surface area (Å²) in [6.45, 7) is 1.51. The van der Waals surface area contributed by atoms with E-state index in [1.165, 1.54) is 5.56 Å². The minimum atomic E-state index is 0.698. The van der Waals surface area contributed by atoms with Gasteiger partial charge in [0.2, 0.25) is 0 Å². The van der Waals surface area contributed by atoms with Gasteiger partial charge in [-0.1, -0.05) is 12.1 Å². The lowest BCUT2D eigenvalue weighted by atomic mass is 10.2. The predicted molar refractivity (Wildman–Crippen MR) is 88.1 cm³/mol. The van der Waals surface area contributed by atoms with Crippen molar-refractivity contribution < 1.29 is 4.74 Å². The zero-order valence-corrected chi connectivity index (χ0v) is 13.3. The Morgan fingerprint density at radius 2 is 2.18 bits per heavy atom. The fourth-order valence-corrected chi connectivity index (χ4v) is 2.12. The second-order valence-corrected chi connectivity index (χ2v) is 4.98. The number of aliphatic imine (C=N–C) groups is 1. The Bertz CT molecular complexity index is 621. The number of rotatable bonds is 6. The molecule has 2 aromatic rings. The lowest BCUT2D eigenvalue weighted by Crippen LogP contribution is -2.37. The maximum atomic E-state index is 5.22. The summed E-state index contributed by atoms with van der Waals surface area (Å²) in [6.07, 6.45) is 4.82. The van der Waals surface area contributed by atoms with E-state index in [4.69, 9.17) is 4.74 Å². The van der Waals surface area contributed by atoms with Crippen molar-refractivity contribution in [3.8, 4) is 5.75 Å². The third-order valence-corrected chi connectivity index (χ3v) is 3.28. The van der Waals surface area contributed by atoms with Crippen LogP contribution in [0.1, 0.15) is 11.1 Å². The predicted octanol–water partition coefficient (Wildman–Crippen LogP) is 1.34. The van der Waals surface area contributed by atoms with E-state index < -0.39 is 0 Å². The molecule has 0 spiro atoms. The summed E-state index contributed by atoms with van der Waals surface area (Å²) in [7, 11) is 5.36. The lowest BCUT2D eigenvalue weighted by molar-refractivity contribution is 0.414. The number of aryl methyl sites for hydroxylation is 1. The molecule has 0 saturated heterocycles. The van der Waals surface area contributed by atoms with Gasteiger partial charge in [0.05, 0.1) is 13.3 Å². The molecule has 0 fully saturated rings. The van der Waals surface area contributed by atoms with Crippen molar-refractivity contribution in [2.45, 2.75) is 13.0 Å². The number of nitrogens with one attached hydrogen (secondary N) is 2. The zero-order valence-electron chi connectivity index (χ0n) is 13.3. The van der Waals surface area contributed by atoms with Crippen LogP contribution < -0.4 is 15.4 Å². The zero-order chi connectivity index (χ0) is 15.8. The molecule has 118 valence electrons. The first-order chi connectivity index (χ1) is 10.7. The second-order valence-electron chi connectivity index (χ2n) is 4.98. The summed E-state index contributed by atoms with van der Waals surface area (Å²) >= 11 is 0. The van der Waals surface area contributed by atoms with Crippen molar-refractivity contribution in [3.63, 3.8) is 0 Å². The largest absolute Gasteiger partial charge is 0.497 e. The first kappa shape index (κ1) is 15.9. The standard InChI is InChI=1S/C16H23N5O/c1-17-16(18-8-7-14-11-20-21(2)12-14)19-10-13-5-4-6-15(9-13)22-3/h4-6,9,11-12H,7-8,10H2,1-3H3,(H2,17,18,19). The molecule has 0 amide bonds. The summed E-state index contributed by atoms with van der Waals surface area (Å²) in [5.74, 6) is 1.64. The summed E-state index contributed by atoms with van der Waals surface area (Å²) in [5.41, 5.74) is 2.35. The topological polar surface area (TPSA) is 63.5 Å².